The molecule has 0 saturated carbocycles. The number of esters is 1. The van der Waals surface area contributed by atoms with Gasteiger partial charge in [-0.15, -0.1) is 0 Å². The van der Waals surface area contributed by atoms with Crippen LogP contribution >= 0.6 is 11.6 Å². The Morgan fingerprint density at radius 3 is 2.40 bits per heavy atom. The lowest BCUT2D eigenvalue weighted by atomic mass is 10.2. The molecule has 2 heterocycles. The fraction of sp³-hybridized carbons (Fsp3) is 0.269. The van der Waals surface area contributed by atoms with Crippen LogP contribution in [-0.4, -0.2) is 19.7 Å². The zero-order valence-electron chi connectivity index (χ0n) is 20.0. The number of aromatic nitrogens is 3. The lowest BCUT2D eigenvalue weighted by molar-refractivity contribution is 0.0471. The minimum atomic E-state index is -0.565. The van der Waals surface area contributed by atoms with E-state index >= 15 is 0 Å². The van der Waals surface area contributed by atoms with E-state index in [2.05, 4.69) is 0 Å². The van der Waals surface area contributed by atoms with Gasteiger partial charge in [0.25, 0.3) is 5.56 Å². The van der Waals surface area contributed by atoms with Gasteiger partial charge in [0.15, 0.2) is 0 Å². The topological polar surface area (TPSA) is 84.5 Å². The van der Waals surface area contributed by atoms with Crippen molar-refractivity contribution in [2.75, 3.05) is 0 Å². The van der Waals surface area contributed by atoms with E-state index in [9.17, 15) is 14.4 Å². The summed E-state index contributed by atoms with van der Waals surface area (Å²) in [6.07, 6.45) is 0. The number of halogens is 1. The second-order valence-corrected chi connectivity index (χ2v) is 8.65. The minimum Gasteiger partial charge on any atom is -0.487 e. The van der Waals surface area contributed by atoms with E-state index in [1.165, 1.54) is 17.7 Å². The number of rotatable bonds is 7. The molecule has 0 bridgehead atoms. The number of hydrogen-bond donors (Lipinski definition) is 0. The third kappa shape index (κ3) is 4.49. The molecule has 0 aliphatic rings. The van der Waals surface area contributed by atoms with Crippen LogP contribution in [0.15, 0.2) is 58.1 Å². The van der Waals surface area contributed by atoms with Crippen molar-refractivity contribution in [2.24, 2.45) is 14.1 Å². The number of aryl methyl sites for hydroxylation is 3. The molecule has 182 valence electrons. The Hall–Kier alpha value is -3.78. The Labute approximate surface area is 206 Å². The van der Waals surface area contributed by atoms with Crippen molar-refractivity contribution in [2.45, 2.75) is 33.6 Å². The van der Waals surface area contributed by atoms with Crippen molar-refractivity contribution in [1.82, 2.24) is 13.7 Å². The summed E-state index contributed by atoms with van der Waals surface area (Å²) in [7, 11) is 3.04. The first-order valence-electron chi connectivity index (χ1n) is 11.2. The van der Waals surface area contributed by atoms with Crippen molar-refractivity contribution < 1.29 is 14.3 Å². The first kappa shape index (κ1) is 24.3. The Morgan fingerprint density at radius 2 is 1.71 bits per heavy atom. The number of para-hydroxylation sites is 1. The smallest absolute Gasteiger partial charge is 0.338 e. The molecule has 0 amide bonds. The van der Waals surface area contributed by atoms with E-state index in [0.717, 1.165) is 10.1 Å². The Kier molecular flexibility index (Phi) is 6.84. The van der Waals surface area contributed by atoms with Crippen molar-refractivity contribution in [3.05, 3.63) is 96.8 Å². The van der Waals surface area contributed by atoms with Gasteiger partial charge in [-0.1, -0.05) is 35.9 Å². The Morgan fingerprint density at radius 1 is 0.971 bits per heavy atom. The maximum absolute atomic E-state index is 13.1. The van der Waals surface area contributed by atoms with Crippen LogP contribution in [0.1, 0.15) is 34.1 Å². The number of hydrogen-bond acceptors (Lipinski definition) is 5. The first-order valence-corrected chi connectivity index (χ1v) is 11.5. The van der Waals surface area contributed by atoms with Gasteiger partial charge < -0.3 is 14.0 Å². The molecule has 0 radical (unpaired) electrons. The molecule has 0 spiro atoms. The third-order valence-corrected chi connectivity index (χ3v) is 6.29. The Bertz CT molecular complexity index is 1550. The van der Waals surface area contributed by atoms with Crippen LogP contribution in [0.4, 0.5) is 0 Å². The van der Waals surface area contributed by atoms with E-state index in [-0.39, 0.29) is 13.2 Å². The fourth-order valence-corrected chi connectivity index (χ4v) is 4.41. The standard InChI is InChI=1S/C26H26ClN3O5/c1-5-30-20(15-34-21-12-7-6-9-16(21)2)19(14-35-25(32)17-10-8-11-18(27)13-17)22-23(30)24(31)29(4)26(33)28(22)3/h6-13H,5,14-15H2,1-4H3. The molecule has 2 aromatic carbocycles. The van der Waals surface area contributed by atoms with Crippen LogP contribution in [0.3, 0.4) is 0 Å². The molecule has 0 aliphatic heterocycles. The van der Waals surface area contributed by atoms with E-state index in [1.807, 2.05) is 42.7 Å². The van der Waals surface area contributed by atoms with Gasteiger partial charge in [-0.25, -0.2) is 9.59 Å². The lowest BCUT2D eigenvalue weighted by Crippen LogP contribution is -2.37. The largest absolute Gasteiger partial charge is 0.487 e. The van der Waals surface area contributed by atoms with Crippen LogP contribution in [0.25, 0.3) is 11.0 Å². The summed E-state index contributed by atoms with van der Waals surface area (Å²) in [5, 5.41) is 0.417. The van der Waals surface area contributed by atoms with Gasteiger partial charge in [-0.2, -0.15) is 0 Å². The molecule has 0 saturated heterocycles. The summed E-state index contributed by atoms with van der Waals surface area (Å²) in [6.45, 7) is 4.27. The second kappa shape index (κ2) is 9.84. The molecule has 2 aromatic heterocycles. The second-order valence-electron chi connectivity index (χ2n) is 8.21. The summed E-state index contributed by atoms with van der Waals surface area (Å²) in [5.74, 6) is 0.133. The van der Waals surface area contributed by atoms with E-state index < -0.39 is 17.2 Å². The molecule has 0 fully saturated rings. The van der Waals surface area contributed by atoms with Gasteiger partial charge in [0.2, 0.25) is 0 Å². The molecule has 0 atom stereocenters. The van der Waals surface area contributed by atoms with E-state index in [4.69, 9.17) is 21.1 Å². The zero-order chi connectivity index (χ0) is 25.3. The number of carbonyl (C=O) groups is 1. The van der Waals surface area contributed by atoms with Gasteiger partial charge in [0, 0.05) is 31.2 Å². The monoisotopic (exact) mass is 495 g/mol. The van der Waals surface area contributed by atoms with Crippen molar-refractivity contribution >= 4 is 28.6 Å². The summed E-state index contributed by atoms with van der Waals surface area (Å²) in [4.78, 5) is 38.6. The SMILES string of the molecule is CCn1c(COc2ccccc2C)c(COC(=O)c2cccc(Cl)c2)c2c1c(=O)n(C)c(=O)n2C. The van der Waals surface area contributed by atoms with Crippen LogP contribution in [0, 0.1) is 6.92 Å². The fourth-order valence-electron chi connectivity index (χ4n) is 4.22. The number of nitrogens with zero attached hydrogens (tertiary/aromatic N) is 3. The lowest BCUT2D eigenvalue weighted by Gasteiger charge is -2.13. The third-order valence-electron chi connectivity index (χ3n) is 6.05. The molecule has 8 nitrogen and oxygen atoms in total. The van der Waals surface area contributed by atoms with Crippen LogP contribution in [-0.2, 0) is 38.6 Å². The van der Waals surface area contributed by atoms with Crippen molar-refractivity contribution in [3.63, 3.8) is 0 Å². The van der Waals surface area contributed by atoms with Gasteiger partial charge in [-0.05, 0) is 43.7 Å². The van der Waals surface area contributed by atoms with Gasteiger partial charge in [0.05, 0.1) is 16.8 Å². The molecule has 35 heavy (non-hydrogen) atoms. The predicted molar refractivity (Wildman–Crippen MR) is 134 cm³/mol. The van der Waals surface area contributed by atoms with Crippen LogP contribution in [0.5, 0.6) is 5.75 Å². The average Bonchev–Trinajstić information content (AvgIpc) is 3.17. The van der Waals surface area contributed by atoms with Crippen LogP contribution < -0.4 is 16.0 Å². The molecule has 4 rings (SSSR count). The van der Waals surface area contributed by atoms with Crippen molar-refractivity contribution in [1.29, 1.82) is 0 Å². The van der Waals surface area contributed by atoms with Crippen LogP contribution in [0.2, 0.25) is 5.02 Å². The summed E-state index contributed by atoms with van der Waals surface area (Å²) in [6, 6.07) is 14.1. The maximum Gasteiger partial charge on any atom is 0.338 e. The minimum absolute atomic E-state index is 0.120. The molecule has 0 aliphatic carbocycles. The highest BCUT2D eigenvalue weighted by atomic mass is 35.5. The highest BCUT2D eigenvalue weighted by Gasteiger charge is 2.25. The van der Waals surface area contributed by atoms with Gasteiger partial charge >= 0.3 is 11.7 Å². The number of carbonyl (C=O) groups excluding carboxylic acids is 1. The number of ether oxygens (including phenoxy) is 2. The molecule has 0 N–H and O–H groups in total. The summed E-state index contributed by atoms with van der Waals surface area (Å²) < 4.78 is 16.0. The summed E-state index contributed by atoms with van der Waals surface area (Å²) in [5.41, 5.74) is 2.35. The zero-order valence-corrected chi connectivity index (χ0v) is 20.8. The molecule has 0 unspecified atom stereocenters. The van der Waals surface area contributed by atoms with E-state index in [0.29, 0.717) is 45.2 Å². The summed E-state index contributed by atoms with van der Waals surface area (Å²) >= 11 is 6.01. The maximum atomic E-state index is 13.1. The quantitative estimate of drug-likeness (QED) is 0.362. The van der Waals surface area contributed by atoms with Gasteiger partial charge in [0.1, 0.15) is 24.5 Å². The van der Waals surface area contributed by atoms with Crippen molar-refractivity contribution in [3.8, 4) is 5.75 Å². The van der Waals surface area contributed by atoms with Gasteiger partial charge in [-0.3, -0.25) is 13.9 Å². The molecule has 9 heteroatoms. The first-order chi connectivity index (χ1) is 16.7. The molecule has 4 aromatic rings. The number of benzene rings is 2. The highest BCUT2D eigenvalue weighted by Crippen LogP contribution is 2.27. The predicted octanol–water partition coefficient (Wildman–Crippen LogP) is 3.96. The number of fused-ring (bicyclic) bond motifs is 1. The normalized spacial score (nSPS) is 11.1. The Balaban J connectivity index is 1.83. The highest BCUT2D eigenvalue weighted by molar-refractivity contribution is 6.30. The molecular formula is C26H26ClN3O5. The van der Waals surface area contributed by atoms with E-state index in [1.54, 1.807) is 25.2 Å². The molecular weight excluding hydrogens is 470 g/mol. The average molecular weight is 496 g/mol.